The monoisotopic (exact) mass is 224 g/mol. The molecule has 88 valence electrons. The molecule has 0 aliphatic carbocycles. The van der Waals surface area contributed by atoms with Gasteiger partial charge in [0.15, 0.2) is 0 Å². The number of aliphatic hydroxyl groups excluding tert-OH is 1. The molecule has 1 unspecified atom stereocenters. The van der Waals surface area contributed by atoms with E-state index < -0.39 is 12.1 Å². The second-order valence-corrected chi connectivity index (χ2v) is 3.83. The molecule has 0 amide bonds. The predicted octanol–water partition coefficient (Wildman–Crippen LogP) is 1.84. The Kier molecular flexibility index (Phi) is 4.46. The molecule has 0 spiro atoms. The lowest BCUT2D eigenvalue weighted by molar-refractivity contribution is 0.00492. The summed E-state index contributed by atoms with van der Waals surface area (Å²) in [4.78, 5) is 10.6. The molecule has 0 heterocycles. The summed E-state index contributed by atoms with van der Waals surface area (Å²) in [7, 11) is 0. The van der Waals surface area contributed by atoms with Gasteiger partial charge in [-0.05, 0) is 31.5 Å². The van der Waals surface area contributed by atoms with Crippen molar-refractivity contribution < 1.29 is 19.7 Å². The lowest BCUT2D eigenvalue weighted by Gasteiger charge is -2.13. The van der Waals surface area contributed by atoms with Gasteiger partial charge in [-0.15, -0.1) is 0 Å². The average Bonchev–Trinajstić information content (AvgIpc) is 2.26. The molecular weight excluding hydrogens is 208 g/mol. The van der Waals surface area contributed by atoms with Gasteiger partial charge in [0, 0.05) is 0 Å². The minimum absolute atomic E-state index is 0.0629. The van der Waals surface area contributed by atoms with Crippen LogP contribution < -0.4 is 0 Å². The lowest BCUT2D eigenvalue weighted by Crippen LogP contribution is -2.12. The van der Waals surface area contributed by atoms with Crippen LogP contribution in [-0.4, -0.2) is 28.9 Å². The molecule has 16 heavy (non-hydrogen) atoms. The largest absolute Gasteiger partial charge is 0.478 e. The van der Waals surface area contributed by atoms with Crippen LogP contribution in [-0.2, 0) is 4.74 Å². The van der Waals surface area contributed by atoms with Crippen molar-refractivity contribution in [2.75, 3.05) is 6.61 Å². The molecule has 1 rings (SSSR count). The fourth-order valence-electron chi connectivity index (χ4n) is 1.23. The normalized spacial score (nSPS) is 12.8. The Morgan fingerprint density at radius 2 is 1.88 bits per heavy atom. The van der Waals surface area contributed by atoms with E-state index in [4.69, 9.17) is 9.84 Å². The van der Waals surface area contributed by atoms with Crippen molar-refractivity contribution in [2.24, 2.45) is 0 Å². The van der Waals surface area contributed by atoms with Crippen molar-refractivity contribution in [3.05, 3.63) is 35.4 Å². The second-order valence-electron chi connectivity index (χ2n) is 3.83. The SMILES string of the molecule is CC(C)OCC(O)c1ccc(C(=O)O)cc1. The van der Waals surface area contributed by atoms with Crippen LogP contribution in [0.5, 0.6) is 0 Å². The molecule has 4 nitrogen and oxygen atoms in total. The highest BCUT2D eigenvalue weighted by atomic mass is 16.5. The standard InChI is InChI=1S/C12H16O4/c1-8(2)16-7-11(13)9-3-5-10(6-4-9)12(14)15/h3-6,8,11,13H,7H2,1-2H3,(H,14,15). The maximum absolute atomic E-state index is 10.6. The number of carbonyl (C=O) groups is 1. The molecule has 0 aromatic heterocycles. The number of hydrogen-bond acceptors (Lipinski definition) is 3. The van der Waals surface area contributed by atoms with E-state index in [1.807, 2.05) is 13.8 Å². The smallest absolute Gasteiger partial charge is 0.335 e. The second kappa shape index (κ2) is 5.63. The van der Waals surface area contributed by atoms with Crippen LogP contribution in [0.15, 0.2) is 24.3 Å². The Morgan fingerprint density at radius 3 is 2.31 bits per heavy atom. The molecule has 0 fully saturated rings. The summed E-state index contributed by atoms with van der Waals surface area (Å²) in [6.45, 7) is 3.99. The van der Waals surface area contributed by atoms with Crippen molar-refractivity contribution in [3.8, 4) is 0 Å². The molecule has 1 aromatic rings. The van der Waals surface area contributed by atoms with E-state index in [1.165, 1.54) is 12.1 Å². The van der Waals surface area contributed by atoms with Crippen LogP contribution in [0.4, 0.5) is 0 Å². The van der Waals surface area contributed by atoms with E-state index in [0.29, 0.717) is 5.56 Å². The Balaban J connectivity index is 2.63. The number of rotatable bonds is 5. The highest BCUT2D eigenvalue weighted by Gasteiger charge is 2.09. The van der Waals surface area contributed by atoms with E-state index in [1.54, 1.807) is 12.1 Å². The van der Waals surface area contributed by atoms with Crippen molar-refractivity contribution in [3.63, 3.8) is 0 Å². The molecule has 2 N–H and O–H groups in total. The van der Waals surface area contributed by atoms with Crippen molar-refractivity contribution in [1.29, 1.82) is 0 Å². The van der Waals surface area contributed by atoms with Gasteiger partial charge >= 0.3 is 5.97 Å². The van der Waals surface area contributed by atoms with E-state index >= 15 is 0 Å². The summed E-state index contributed by atoms with van der Waals surface area (Å²) in [5.74, 6) is -0.973. The number of carboxylic acids is 1. The van der Waals surface area contributed by atoms with Gasteiger partial charge in [0.1, 0.15) is 6.10 Å². The van der Waals surface area contributed by atoms with E-state index in [2.05, 4.69) is 0 Å². The highest BCUT2D eigenvalue weighted by Crippen LogP contribution is 2.14. The predicted molar refractivity (Wildman–Crippen MR) is 59.4 cm³/mol. The molecule has 0 radical (unpaired) electrons. The van der Waals surface area contributed by atoms with Crippen LogP contribution in [0.3, 0.4) is 0 Å². The van der Waals surface area contributed by atoms with E-state index in [9.17, 15) is 9.90 Å². The summed E-state index contributed by atoms with van der Waals surface area (Å²) in [5.41, 5.74) is 0.867. The summed E-state index contributed by atoms with van der Waals surface area (Å²) >= 11 is 0. The quantitative estimate of drug-likeness (QED) is 0.800. The number of aromatic carboxylic acids is 1. The number of carboxylic acid groups (broad SMARTS) is 1. The zero-order valence-electron chi connectivity index (χ0n) is 9.38. The lowest BCUT2D eigenvalue weighted by atomic mass is 10.1. The fourth-order valence-corrected chi connectivity index (χ4v) is 1.23. The fraction of sp³-hybridized carbons (Fsp3) is 0.417. The van der Waals surface area contributed by atoms with Crippen molar-refractivity contribution >= 4 is 5.97 Å². The van der Waals surface area contributed by atoms with Crippen molar-refractivity contribution in [2.45, 2.75) is 26.1 Å². The molecule has 1 atom stereocenters. The zero-order chi connectivity index (χ0) is 12.1. The van der Waals surface area contributed by atoms with Crippen LogP contribution in [0.25, 0.3) is 0 Å². The maximum atomic E-state index is 10.6. The molecule has 0 aliphatic heterocycles. The highest BCUT2D eigenvalue weighted by molar-refractivity contribution is 5.87. The third kappa shape index (κ3) is 3.64. The molecule has 0 saturated heterocycles. The van der Waals surface area contributed by atoms with Crippen molar-refractivity contribution in [1.82, 2.24) is 0 Å². The maximum Gasteiger partial charge on any atom is 0.335 e. The number of ether oxygens (including phenoxy) is 1. The Bertz CT molecular complexity index is 343. The Hall–Kier alpha value is -1.39. The number of benzene rings is 1. The summed E-state index contributed by atoms with van der Waals surface area (Å²) < 4.78 is 5.27. The van der Waals surface area contributed by atoms with Gasteiger partial charge in [-0.25, -0.2) is 4.79 Å². The molecule has 0 bridgehead atoms. The third-order valence-electron chi connectivity index (χ3n) is 2.13. The summed E-state index contributed by atoms with van der Waals surface area (Å²) in [5, 5.41) is 18.4. The summed E-state index contributed by atoms with van der Waals surface area (Å²) in [6, 6.07) is 6.13. The Morgan fingerprint density at radius 1 is 1.31 bits per heavy atom. The van der Waals surface area contributed by atoms with Crippen LogP contribution in [0.2, 0.25) is 0 Å². The first-order chi connectivity index (χ1) is 7.50. The zero-order valence-corrected chi connectivity index (χ0v) is 9.38. The Labute approximate surface area is 94.5 Å². The first-order valence-corrected chi connectivity index (χ1v) is 5.13. The minimum atomic E-state index is -0.973. The van der Waals surface area contributed by atoms with Gasteiger partial charge < -0.3 is 14.9 Å². The molecule has 1 aromatic carbocycles. The van der Waals surface area contributed by atoms with Gasteiger partial charge in [-0.3, -0.25) is 0 Å². The molecular formula is C12H16O4. The van der Waals surface area contributed by atoms with Gasteiger partial charge in [0.25, 0.3) is 0 Å². The van der Waals surface area contributed by atoms with Crippen LogP contribution in [0, 0.1) is 0 Å². The molecule has 0 aliphatic rings. The van der Waals surface area contributed by atoms with Gasteiger partial charge in [0.05, 0.1) is 18.3 Å². The first-order valence-electron chi connectivity index (χ1n) is 5.13. The van der Waals surface area contributed by atoms with Crippen LogP contribution >= 0.6 is 0 Å². The average molecular weight is 224 g/mol. The topological polar surface area (TPSA) is 66.8 Å². The third-order valence-corrected chi connectivity index (χ3v) is 2.13. The first kappa shape index (κ1) is 12.7. The number of aliphatic hydroxyl groups is 1. The van der Waals surface area contributed by atoms with Crippen LogP contribution in [0.1, 0.15) is 35.9 Å². The molecule has 0 saturated carbocycles. The molecule has 4 heteroatoms. The van der Waals surface area contributed by atoms with E-state index in [-0.39, 0.29) is 18.3 Å². The van der Waals surface area contributed by atoms with E-state index in [0.717, 1.165) is 0 Å². The van der Waals surface area contributed by atoms with Gasteiger partial charge in [0.2, 0.25) is 0 Å². The van der Waals surface area contributed by atoms with Gasteiger partial charge in [-0.1, -0.05) is 12.1 Å². The van der Waals surface area contributed by atoms with Gasteiger partial charge in [-0.2, -0.15) is 0 Å². The minimum Gasteiger partial charge on any atom is -0.478 e. The number of hydrogen-bond donors (Lipinski definition) is 2. The summed E-state index contributed by atoms with van der Waals surface area (Å²) in [6.07, 6.45) is -0.654.